The Balaban J connectivity index is 1.36. The zero-order valence-electron chi connectivity index (χ0n) is 19.9. The highest BCUT2D eigenvalue weighted by Gasteiger charge is 2.23. The molecule has 2 saturated heterocycles. The molecule has 5 rings (SSSR count). The number of anilines is 1. The minimum atomic E-state index is 0.871. The first-order valence-electron chi connectivity index (χ1n) is 12.1. The zero-order chi connectivity index (χ0) is 22.1. The quantitative estimate of drug-likeness (QED) is 0.718. The Labute approximate surface area is 192 Å². The molecule has 32 heavy (non-hydrogen) atoms. The van der Waals surface area contributed by atoms with Crippen molar-refractivity contribution in [3.63, 3.8) is 0 Å². The Morgan fingerprint density at radius 2 is 1.66 bits per heavy atom. The summed E-state index contributed by atoms with van der Waals surface area (Å²) in [5.41, 5.74) is 10.6. The lowest BCUT2D eigenvalue weighted by molar-refractivity contribution is 0.0384. The molecular weight excluding hydrogens is 396 g/mol. The molecule has 2 aromatic rings. The van der Waals surface area contributed by atoms with E-state index in [9.17, 15) is 0 Å². The van der Waals surface area contributed by atoms with E-state index in [4.69, 9.17) is 9.72 Å². The molecule has 1 aromatic carbocycles. The van der Waals surface area contributed by atoms with Gasteiger partial charge in [0.2, 0.25) is 0 Å². The van der Waals surface area contributed by atoms with Gasteiger partial charge in [0, 0.05) is 68.3 Å². The number of fused-ring (bicyclic) bond motifs is 1. The summed E-state index contributed by atoms with van der Waals surface area (Å²) < 4.78 is 5.50. The second-order valence-corrected chi connectivity index (χ2v) is 9.58. The Morgan fingerprint density at radius 1 is 0.938 bits per heavy atom. The van der Waals surface area contributed by atoms with Gasteiger partial charge in [-0.2, -0.15) is 0 Å². The van der Waals surface area contributed by atoms with Crippen molar-refractivity contribution in [3.8, 4) is 11.3 Å². The van der Waals surface area contributed by atoms with E-state index >= 15 is 0 Å². The summed E-state index contributed by atoms with van der Waals surface area (Å²) in [6.45, 7) is 13.8. The van der Waals surface area contributed by atoms with Crippen LogP contribution >= 0.6 is 0 Å². The molecule has 3 heterocycles. The van der Waals surface area contributed by atoms with E-state index < -0.39 is 0 Å². The maximum Gasteiger partial charge on any atom is 0.0780 e. The molecule has 0 saturated carbocycles. The van der Waals surface area contributed by atoms with Crippen molar-refractivity contribution < 1.29 is 4.74 Å². The van der Waals surface area contributed by atoms with E-state index in [0.29, 0.717) is 0 Å². The molecule has 2 aliphatic heterocycles. The predicted octanol–water partition coefficient (Wildman–Crippen LogP) is 3.78. The minimum absolute atomic E-state index is 0.871. The fraction of sp³-hybridized carbons (Fsp3) is 0.519. The fourth-order valence-corrected chi connectivity index (χ4v) is 5.14. The molecule has 0 unspecified atom stereocenters. The molecule has 1 aromatic heterocycles. The van der Waals surface area contributed by atoms with E-state index in [0.717, 1.165) is 83.3 Å². The minimum Gasteiger partial charge on any atom is -0.379 e. The third kappa shape index (κ3) is 4.47. The molecule has 0 N–H and O–H groups in total. The number of morpholine rings is 1. The number of rotatable bonds is 5. The number of aryl methyl sites for hydroxylation is 1. The van der Waals surface area contributed by atoms with Crippen LogP contribution in [0.5, 0.6) is 0 Å². The Kier molecular flexibility index (Phi) is 6.31. The highest BCUT2D eigenvalue weighted by atomic mass is 16.5. The fourth-order valence-electron chi connectivity index (χ4n) is 5.14. The van der Waals surface area contributed by atoms with Gasteiger partial charge >= 0.3 is 0 Å². The Hall–Kier alpha value is -2.21. The average molecular weight is 433 g/mol. The molecule has 170 valence electrons. The summed E-state index contributed by atoms with van der Waals surface area (Å²) in [4.78, 5) is 12.5. The molecule has 1 aliphatic carbocycles. The van der Waals surface area contributed by atoms with E-state index in [1.54, 1.807) is 0 Å². The molecule has 0 radical (unpaired) electrons. The van der Waals surface area contributed by atoms with Crippen molar-refractivity contribution in [1.82, 2.24) is 14.8 Å². The summed E-state index contributed by atoms with van der Waals surface area (Å²) in [7, 11) is 2.20. The summed E-state index contributed by atoms with van der Waals surface area (Å²) in [5.74, 6) is 0. The first kappa shape index (κ1) is 21.6. The Bertz CT molecular complexity index is 984. The van der Waals surface area contributed by atoms with Crippen LogP contribution in [0.2, 0.25) is 0 Å². The highest BCUT2D eigenvalue weighted by Crippen LogP contribution is 2.37. The lowest BCUT2D eigenvalue weighted by atomic mass is 9.97. The van der Waals surface area contributed by atoms with Crippen LogP contribution in [-0.4, -0.2) is 80.9 Å². The van der Waals surface area contributed by atoms with Gasteiger partial charge in [0.15, 0.2) is 0 Å². The molecule has 2 fully saturated rings. The van der Waals surface area contributed by atoms with Crippen LogP contribution in [0, 0.1) is 13.8 Å². The monoisotopic (exact) mass is 432 g/mol. The third-order valence-corrected chi connectivity index (χ3v) is 7.47. The van der Waals surface area contributed by atoms with Gasteiger partial charge in [-0.05, 0) is 57.0 Å². The molecular formula is C27H36N4O. The van der Waals surface area contributed by atoms with Gasteiger partial charge in [0.05, 0.1) is 18.9 Å². The van der Waals surface area contributed by atoms with Crippen molar-refractivity contribution in [3.05, 3.63) is 52.2 Å². The van der Waals surface area contributed by atoms with Crippen LogP contribution < -0.4 is 4.90 Å². The van der Waals surface area contributed by atoms with Gasteiger partial charge in [-0.1, -0.05) is 23.8 Å². The van der Waals surface area contributed by atoms with Crippen LogP contribution in [0.1, 0.15) is 28.8 Å². The van der Waals surface area contributed by atoms with Gasteiger partial charge < -0.3 is 14.5 Å². The summed E-state index contributed by atoms with van der Waals surface area (Å²) in [6.07, 6.45) is 4.63. The van der Waals surface area contributed by atoms with E-state index in [-0.39, 0.29) is 0 Å². The van der Waals surface area contributed by atoms with E-state index in [2.05, 4.69) is 65.9 Å². The molecule has 0 amide bonds. The first-order valence-corrected chi connectivity index (χ1v) is 12.1. The molecule has 3 aliphatic rings. The van der Waals surface area contributed by atoms with Gasteiger partial charge in [0.25, 0.3) is 0 Å². The number of hydrogen-bond acceptors (Lipinski definition) is 5. The maximum atomic E-state index is 5.50. The normalized spacial score (nSPS) is 19.8. The van der Waals surface area contributed by atoms with Crippen molar-refractivity contribution in [2.75, 3.05) is 71.0 Å². The van der Waals surface area contributed by atoms with Crippen LogP contribution in [0.15, 0.2) is 29.8 Å². The summed E-state index contributed by atoms with van der Waals surface area (Å²) in [6, 6.07) is 9.10. The molecule has 0 spiro atoms. The summed E-state index contributed by atoms with van der Waals surface area (Å²) >= 11 is 0. The van der Waals surface area contributed by atoms with Gasteiger partial charge in [-0.25, -0.2) is 0 Å². The van der Waals surface area contributed by atoms with Gasteiger partial charge in [0.1, 0.15) is 0 Å². The number of piperazine rings is 1. The third-order valence-electron chi connectivity index (χ3n) is 7.47. The SMILES string of the molecule is Cc1nc(-c2ccc(N3CCN(C)CC3)cc2)c2c(c1C)CC(CCN1CCOCC1)=C2. The smallest absolute Gasteiger partial charge is 0.0780 e. The first-order chi connectivity index (χ1) is 15.6. The number of nitrogens with zero attached hydrogens (tertiary/aromatic N) is 4. The second-order valence-electron chi connectivity index (χ2n) is 9.58. The number of hydrogen-bond donors (Lipinski definition) is 0. The van der Waals surface area contributed by atoms with Crippen LogP contribution in [0.25, 0.3) is 17.3 Å². The van der Waals surface area contributed by atoms with Gasteiger partial charge in [-0.15, -0.1) is 0 Å². The lowest BCUT2D eigenvalue weighted by Crippen LogP contribution is -2.44. The Morgan fingerprint density at radius 3 is 2.38 bits per heavy atom. The molecule has 0 atom stereocenters. The molecule has 0 bridgehead atoms. The van der Waals surface area contributed by atoms with Crippen LogP contribution in [-0.2, 0) is 11.2 Å². The highest BCUT2D eigenvalue weighted by molar-refractivity contribution is 5.80. The number of ether oxygens (including phenoxy) is 1. The van der Waals surface area contributed by atoms with Crippen molar-refractivity contribution in [1.29, 1.82) is 0 Å². The standard InChI is InChI=1S/C27H36N4O/c1-20-21(2)28-27(23-4-6-24(7-5-23)31-12-10-29(3)11-13-31)26-19-22(18-25(20)26)8-9-30-14-16-32-17-15-30/h4-7,19H,8-18H2,1-3H3. The largest absolute Gasteiger partial charge is 0.379 e. The van der Waals surface area contributed by atoms with Crippen molar-refractivity contribution in [2.45, 2.75) is 26.7 Å². The zero-order valence-corrected chi connectivity index (χ0v) is 19.9. The van der Waals surface area contributed by atoms with Crippen molar-refractivity contribution in [2.24, 2.45) is 0 Å². The van der Waals surface area contributed by atoms with Crippen molar-refractivity contribution >= 4 is 11.8 Å². The van der Waals surface area contributed by atoms with E-state index in [1.165, 1.54) is 33.5 Å². The van der Waals surface area contributed by atoms with E-state index in [1.807, 2.05) is 0 Å². The molecule has 5 nitrogen and oxygen atoms in total. The van der Waals surface area contributed by atoms with Crippen LogP contribution in [0.3, 0.4) is 0 Å². The van der Waals surface area contributed by atoms with Crippen LogP contribution in [0.4, 0.5) is 5.69 Å². The second kappa shape index (κ2) is 9.34. The number of benzene rings is 1. The maximum absolute atomic E-state index is 5.50. The lowest BCUT2D eigenvalue weighted by Gasteiger charge is -2.34. The molecule has 5 heteroatoms. The van der Waals surface area contributed by atoms with Gasteiger partial charge in [-0.3, -0.25) is 9.88 Å². The number of likely N-dealkylation sites (N-methyl/N-ethyl adjacent to an activating group) is 1. The predicted molar refractivity (Wildman–Crippen MR) is 132 cm³/mol. The number of aromatic nitrogens is 1. The average Bonchev–Trinajstić information content (AvgIpc) is 3.26. The topological polar surface area (TPSA) is 31.8 Å². The summed E-state index contributed by atoms with van der Waals surface area (Å²) in [5, 5.41) is 0. The number of pyridine rings is 1.